The third-order valence-corrected chi connectivity index (χ3v) is 1.98. The van der Waals surface area contributed by atoms with Crippen LogP contribution in [0.15, 0.2) is 18.2 Å². The summed E-state index contributed by atoms with van der Waals surface area (Å²) in [6.07, 6.45) is 0. The van der Waals surface area contributed by atoms with Crippen LogP contribution in [0.1, 0.15) is 5.56 Å². The van der Waals surface area contributed by atoms with Gasteiger partial charge in [0, 0.05) is 11.6 Å². The summed E-state index contributed by atoms with van der Waals surface area (Å²) in [6.45, 7) is 0.781. The van der Waals surface area contributed by atoms with E-state index in [9.17, 15) is 0 Å². The number of hydrogen-bond donors (Lipinski definition) is 1. The molecule has 0 saturated heterocycles. The second-order valence-corrected chi connectivity index (χ2v) is 2.89. The Morgan fingerprint density at radius 2 is 2.25 bits per heavy atom. The van der Waals surface area contributed by atoms with E-state index in [2.05, 4.69) is 5.32 Å². The Morgan fingerprint density at radius 3 is 2.75 bits per heavy atom. The zero-order chi connectivity index (χ0) is 8.97. The van der Waals surface area contributed by atoms with E-state index in [1.807, 2.05) is 25.2 Å². The standard InChI is InChI=1S/C9H12ClNO/c1-11-6-7-3-4-8(12-2)5-9(7)10/h3-5,11H,6H2,1-2H3. The van der Waals surface area contributed by atoms with Crippen molar-refractivity contribution in [3.63, 3.8) is 0 Å². The average molecular weight is 186 g/mol. The van der Waals surface area contributed by atoms with Crippen LogP contribution in [0.3, 0.4) is 0 Å². The molecule has 3 heteroatoms. The van der Waals surface area contributed by atoms with Crippen LogP contribution in [0.4, 0.5) is 0 Å². The molecule has 0 radical (unpaired) electrons. The van der Waals surface area contributed by atoms with Gasteiger partial charge in [0.15, 0.2) is 0 Å². The van der Waals surface area contributed by atoms with E-state index in [4.69, 9.17) is 16.3 Å². The van der Waals surface area contributed by atoms with Gasteiger partial charge in [-0.2, -0.15) is 0 Å². The molecular weight excluding hydrogens is 174 g/mol. The summed E-state index contributed by atoms with van der Waals surface area (Å²) in [4.78, 5) is 0. The molecular formula is C9H12ClNO. The van der Waals surface area contributed by atoms with Gasteiger partial charge in [0.05, 0.1) is 7.11 Å². The smallest absolute Gasteiger partial charge is 0.120 e. The van der Waals surface area contributed by atoms with E-state index >= 15 is 0 Å². The minimum Gasteiger partial charge on any atom is -0.497 e. The average Bonchev–Trinajstić information content (AvgIpc) is 2.09. The largest absolute Gasteiger partial charge is 0.497 e. The lowest BCUT2D eigenvalue weighted by Crippen LogP contribution is -2.05. The predicted octanol–water partition coefficient (Wildman–Crippen LogP) is 2.07. The lowest BCUT2D eigenvalue weighted by Gasteiger charge is -2.05. The van der Waals surface area contributed by atoms with E-state index in [1.165, 1.54) is 0 Å². The van der Waals surface area contributed by atoms with Gasteiger partial charge in [0.25, 0.3) is 0 Å². The Labute approximate surface area is 77.5 Å². The summed E-state index contributed by atoms with van der Waals surface area (Å²) in [5.74, 6) is 0.792. The number of rotatable bonds is 3. The van der Waals surface area contributed by atoms with E-state index in [0.29, 0.717) is 0 Å². The molecule has 0 fully saturated rings. The molecule has 0 aliphatic heterocycles. The summed E-state index contributed by atoms with van der Waals surface area (Å²) in [5, 5.41) is 3.78. The fourth-order valence-electron chi connectivity index (χ4n) is 0.989. The first-order chi connectivity index (χ1) is 5.77. The Balaban J connectivity index is 2.87. The Morgan fingerprint density at radius 1 is 1.50 bits per heavy atom. The molecule has 2 nitrogen and oxygen atoms in total. The van der Waals surface area contributed by atoms with Crippen molar-refractivity contribution < 1.29 is 4.74 Å². The Bertz CT molecular complexity index is 263. The summed E-state index contributed by atoms with van der Waals surface area (Å²) in [7, 11) is 3.52. The minimum absolute atomic E-state index is 0.740. The maximum absolute atomic E-state index is 5.97. The zero-order valence-corrected chi connectivity index (χ0v) is 7.98. The summed E-state index contributed by atoms with van der Waals surface area (Å²) < 4.78 is 5.02. The van der Waals surface area contributed by atoms with Crippen molar-refractivity contribution in [3.8, 4) is 5.75 Å². The van der Waals surface area contributed by atoms with Gasteiger partial charge in [-0.05, 0) is 24.7 Å². The molecule has 1 aromatic rings. The van der Waals surface area contributed by atoms with E-state index in [1.54, 1.807) is 7.11 Å². The maximum Gasteiger partial charge on any atom is 0.120 e. The molecule has 0 heterocycles. The van der Waals surface area contributed by atoms with Crippen molar-refractivity contribution in [2.24, 2.45) is 0 Å². The molecule has 0 saturated carbocycles. The molecule has 0 aromatic heterocycles. The van der Waals surface area contributed by atoms with Crippen molar-refractivity contribution in [1.29, 1.82) is 0 Å². The molecule has 0 aliphatic rings. The van der Waals surface area contributed by atoms with Crippen LogP contribution in [0.25, 0.3) is 0 Å². The second-order valence-electron chi connectivity index (χ2n) is 2.49. The first kappa shape index (κ1) is 9.36. The zero-order valence-electron chi connectivity index (χ0n) is 7.23. The van der Waals surface area contributed by atoms with Gasteiger partial charge in [0.2, 0.25) is 0 Å². The summed E-state index contributed by atoms with van der Waals surface area (Å²) in [5.41, 5.74) is 1.08. The number of hydrogen-bond acceptors (Lipinski definition) is 2. The van der Waals surface area contributed by atoms with Crippen LogP contribution in [0.5, 0.6) is 5.75 Å². The molecule has 0 unspecified atom stereocenters. The van der Waals surface area contributed by atoms with Crippen LogP contribution in [-0.2, 0) is 6.54 Å². The normalized spacial score (nSPS) is 9.92. The van der Waals surface area contributed by atoms with Crippen LogP contribution < -0.4 is 10.1 Å². The monoisotopic (exact) mass is 185 g/mol. The molecule has 0 amide bonds. The molecule has 66 valence electrons. The minimum atomic E-state index is 0.740. The molecule has 1 aromatic carbocycles. The summed E-state index contributed by atoms with van der Waals surface area (Å²) >= 11 is 5.97. The fraction of sp³-hybridized carbons (Fsp3) is 0.333. The Hall–Kier alpha value is -0.730. The molecule has 0 spiro atoms. The van der Waals surface area contributed by atoms with Gasteiger partial charge >= 0.3 is 0 Å². The highest BCUT2D eigenvalue weighted by atomic mass is 35.5. The number of benzene rings is 1. The first-order valence-electron chi connectivity index (χ1n) is 3.75. The predicted molar refractivity (Wildman–Crippen MR) is 50.8 cm³/mol. The molecule has 12 heavy (non-hydrogen) atoms. The maximum atomic E-state index is 5.97. The van der Waals surface area contributed by atoms with Gasteiger partial charge < -0.3 is 10.1 Å². The lowest BCUT2D eigenvalue weighted by molar-refractivity contribution is 0.414. The molecule has 1 N–H and O–H groups in total. The van der Waals surface area contributed by atoms with Crippen molar-refractivity contribution in [2.45, 2.75) is 6.54 Å². The van der Waals surface area contributed by atoms with Crippen molar-refractivity contribution in [1.82, 2.24) is 5.32 Å². The van der Waals surface area contributed by atoms with E-state index in [-0.39, 0.29) is 0 Å². The van der Waals surface area contributed by atoms with E-state index in [0.717, 1.165) is 22.9 Å². The lowest BCUT2D eigenvalue weighted by atomic mass is 10.2. The quantitative estimate of drug-likeness (QED) is 0.779. The highest BCUT2D eigenvalue weighted by molar-refractivity contribution is 6.31. The van der Waals surface area contributed by atoms with Crippen molar-refractivity contribution >= 4 is 11.6 Å². The number of nitrogens with one attached hydrogen (secondary N) is 1. The highest BCUT2D eigenvalue weighted by Crippen LogP contribution is 2.21. The third kappa shape index (κ3) is 2.13. The first-order valence-corrected chi connectivity index (χ1v) is 4.12. The van der Waals surface area contributed by atoms with Crippen LogP contribution in [0, 0.1) is 0 Å². The highest BCUT2D eigenvalue weighted by Gasteiger charge is 1.99. The van der Waals surface area contributed by atoms with Gasteiger partial charge in [-0.25, -0.2) is 0 Å². The van der Waals surface area contributed by atoms with Crippen molar-refractivity contribution in [2.75, 3.05) is 14.2 Å². The second kappa shape index (κ2) is 4.33. The molecule has 0 aliphatic carbocycles. The number of ether oxygens (including phenoxy) is 1. The van der Waals surface area contributed by atoms with Gasteiger partial charge in [0.1, 0.15) is 5.75 Å². The van der Waals surface area contributed by atoms with Gasteiger partial charge in [-0.3, -0.25) is 0 Å². The van der Waals surface area contributed by atoms with Crippen molar-refractivity contribution in [3.05, 3.63) is 28.8 Å². The van der Waals surface area contributed by atoms with Gasteiger partial charge in [-0.15, -0.1) is 0 Å². The number of methoxy groups -OCH3 is 1. The Kier molecular flexibility index (Phi) is 3.38. The molecule has 0 atom stereocenters. The molecule has 0 bridgehead atoms. The summed E-state index contributed by atoms with van der Waals surface area (Å²) in [6, 6.07) is 5.67. The van der Waals surface area contributed by atoms with E-state index < -0.39 is 0 Å². The number of halogens is 1. The topological polar surface area (TPSA) is 21.3 Å². The van der Waals surface area contributed by atoms with Crippen LogP contribution in [0.2, 0.25) is 5.02 Å². The fourth-order valence-corrected chi connectivity index (χ4v) is 1.23. The SMILES string of the molecule is CNCc1ccc(OC)cc1Cl. The van der Waals surface area contributed by atoms with Crippen LogP contribution in [-0.4, -0.2) is 14.2 Å². The van der Waals surface area contributed by atoms with Gasteiger partial charge in [-0.1, -0.05) is 17.7 Å². The third-order valence-electron chi connectivity index (χ3n) is 1.63. The van der Waals surface area contributed by atoms with Crippen LogP contribution >= 0.6 is 11.6 Å². The molecule has 1 rings (SSSR count).